The molecule has 0 radical (unpaired) electrons. The van der Waals surface area contributed by atoms with E-state index in [1.54, 1.807) is 0 Å². The molecule has 2 aromatic rings. The Morgan fingerprint density at radius 3 is 2.80 bits per heavy atom. The Balaban J connectivity index is 1.79. The molecule has 1 saturated carbocycles. The van der Waals surface area contributed by atoms with E-state index in [4.69, 9.17) is 23.2 Å². The van der Waals surface area contributed by atoms with E-state index in [9.17, 15) is 9.18 Å². The largest absolute Gasteiger partial charge is 0.298 e. The van der Waals surface area contributed by atoms with Gasteiger partial charge in [0.05, 0.1) is 21.3 Å². The molecule has 20 heavy (non-hydrogen) atoms. The molecule has 1 heterocycles. The summed E-state index contributed by atoms with van der Waals surface area (Å²) in [6.45, 7) is 0. The number of aromatic nitrogens is 1. The predicted molar refractivity (Wildman–Crippen MR) is 78.5 cm³/mol. The highest BCUT2D eigenvalue weighted by molar-refractivity contribution is 7.14. The number of rotatable bonds is 3. The van der Waals surface area contributed by atoms with Crippen molar-refractivity contribution < 1.29 is 9.18 Å². The lowest BCUT2D eigenvalue weighted by molar-refractivity contribution is 0.102. The topological polar surface area (TPSA) is 42.0 Å². The molecule has 0 spiro atoms. The Labute approximate surface area is 128 Å². The number of carbonyl (C=O) groups excluding carboxylic acids is 1. The van der Waals surface area contributed by atoms with Crippen LogP contribution in [0.1, 0.15) is 34.8 Å². The van der Waals surface area contributed by atoms with Crippen LogP contribution in [0, 0.1) is 5.82 Å². The van der Waals surface area contributed by atoms with E-state index in [1.807, 2.05) is 5.38 Å². The summed E-state index contributed by atoms with van der Waals surface area (Å²) in [7, 11) is 0. The van der Waals surface area contributed by atoms with Crippen molar-refractivity contribution in [2.45, 2.75) is 18.8 Å². The Morgan fingerprint density at radius 1 is 1.35 bits per heavy atom. The quantitative estimate of drug-likeness (QED) is 0.827. The fraction of sp³-hybridized carbons (Fsp3) is 0.231. The van der Waals surface area contributed by atoms with E-state index in [2.05, 4.69) is 10.3 Å². The molecule has 3 rings (SSSR count). The number of nitrogens with one attached hydrogen (secondary N) is 1. The average Bonchev–Trinajstić information content (AvgIpc) is 3.15. The molecule has 0 aliphatic heterocycles. The van der Waals surface area contributed by atoms with Gasteiger partial charge in [0, 0.05) is 11.3 Å². The number of carbonyl (C=O) groups is 1. The molecule has 0 bridgehead atoms. The molecule has 0 atom stereocenters. The van der Waals surface area contributed by atoms with Crippen LogP contribution in [0.4, 0.5) is 9.52 Å². The second-order valence-corrected chi connectivity index (χ2v) is 6.22. The van der Waals surface area contributed by atoms with Gasteiger partial charge in [-0.1, -0.05) is 23.2 Å². The summed E-state index contributed by atoms with van der Waals surface area (Å²) in [6.07, 6.45) is 2.29. The predicted octanol–water partition coefficient (Wildman–Crippen LogP) is 4.72. The third-order valence-electron chi connectivity index (χ3n) is 2.99. The van der Waals surface area contributed by atoms with E-state index in [0.717, 1.165) is 24.6 Å². The van der Waals surface area contributed by atoms with Gasteiger partial charge in [0.1, 0.15) is 5.82 Å². The lowest BCUT2D eigenvalue weighted by Gasteiger charge is -2.05. The maximum absolute atomic E-state index is 13.4. The highest BCUT2D eigenvalue weighted by Gasteiger charge is 2.26. The summed E-state index contributed by atoms with van der Waals surface area (Å²) in [5, 5.41) is 5.03. The maximum atomic E-state index is 13.4. The van der Waals surface area contributed by atoms with Crippen LogP contribution >= 0.6 is 34.5 Å². The molecule has 1 aromatic carbocycles. The van der Waals surface area contributed by atoms with Crippen molar-refractivity contribution in [1.29, 1.82) is 0 Å². The Kier molecular flexibility index (Phi) is 3.67. The number of hydrogen-bond acceptors (Lipinski definition) is 3. The van der Waals surface area contributed by atoms with E-state index in [1.165, 1.54) is 17.4 Å². The molecule has 1 aliphatic rings. The van der Waals surface area contributed by atoms with Gasteiger partial charge in [-0.3, -0.25) is 10.1 Å². The van der Waals surface area contributed by atoms with Crippen molar-refractivity contribution in [3.63, 3.8) is 0 Å². The molecule has 7 heteroatoms. The standard InChI is InChI=1S/C13H9Cl2FN2OS/c14-8-4-9(15)10(16)3-7(8)12(19)18-13-17-11(5-20-13)6-1-2-6/h3-6H,1-2H2,(H,17,18,19). The molecule has 1 aromatic heterocycles. The van der Waals surface area contributed by atoms with Crippen LogP contribution in [-0.2, 0) is 0 Å². The number of hydrogen-bond donors (Lipinski definition) is 1. The van der Waals surface area contributed by atoms with Gasteiger partial charge in [-0.2, -0.15) is 0 Å². The number of amides is 1. The van der Waals surface area contributed by atoms with Gasteiger partial charge in [0.2, 0.25) is 0 Å². The monoisotopic (exact) mass is 330 g/mol. The summed E-state index contributed by atoms with van der Waals surface area (Å²) in [4.78, 5) is 16.4. The molecular formula is C13H9Cl2FN2OS. The maximum Gasteiger partial charge on any atom is 0.259 e. The summed E-state index contributed by atoms with van der Waals surface area (Å²) in [5.41, 5.74) is 1.04. The number of nitrogens with zero attached hydrogens (tertiary/aromatic N) is 1. The first kappa shape index (κ1) is 13.8. The summed E-state index contributed by atoms with van der Waals surface area (Å²) >= 11 is 12.8. The van der Waals surface area contributed by atoms with E-state index < -0.39 is 11.7 Å². The molecule has 1 amide bonds. The van der Waals surface area contributed by atoms with Gasteiger partial charge >= 0.3 is 0 Å². The van der Waals surface area contributed by atoms with Crippen LogP contribution in [-0.4, -0.2) is 10.9 Å². The Hall–Kier alpha value is -1.17. The molecular weight excluding hydrogens is 322 g/mol. The summed E-state index contributed by atoms with van der Waals surface area (Å²) < 4.78 is 13.4. The van der Waals surface area contributed by atoms with Gasteiger partial charge in [-0.25, -0.2) is 9.37 Å². The first-order chi connectivity index (χ1) is 9.54. The van der Waals surface area contributed by atoms with Crippen molar-refractivity contribution in [2.24, 2.45) is 0 Å². The van der Waals surface area contributed by atoms with Crippen LogP contribution in [0.3, 0.4) is 0 Å². The number of benzene rings is 1. The van der Waals surface area contributed by atoms with Crippen molar-refractivity contribution in [2.75, 3.05) is 5.32 Å². The molecule has 104 valence electrons. The van der Waals surface area contributed by atoms with Gasteiger partial charge in [-0.15, -0.1) is 11.3 Å². The van der Waals surface area contributed by atoms with Crippen molar-refractivity contribution in [3.05, 3.63) is 44.6 Å². The van der Waals surface area contributed by atoms with Crippen molar-refractivity contribution >= 4 is 45.6 Å². The van der Waals surface area contributed by atoms with Crippen molar-refractivity contribution in [3.8, 4) is 0 Å². The van der Waals surface area contributed by atoms with Gasteiger partial charge in [0.25, 0.3) is 5.91 Å². The summed E-state index contributed by atoms with van der Waals surface area (Å²) in [6, 6.07) is 2.24. The van der Waals surface area contributed by atoms with E-state index >= 15 is 0 Å². The first-order valence-electron chi connectivity index (χ1n) is 5.96. The van der Waals surface area contributed by atoms with Gasteiger partial charge in [-0.05, 0) is 25.0 Å². The van der Waals surface area contributed by atoms with E-state index in [-0.39, 0.29) is 15.6 Å². The minimum absolute atomic E-state index is 0.0386. The third kappa shape index (κ3) is 2.80. The first-order valence-corrected chi connectivity index (χ1v) is 7.59. The minimum atomic E-state index is -0.681. The average molecular weight is 331 g/mol. The van der Waals surface area contributed by atoms with Crippen LogP contribution in [0.15, 0.2) is 17.5 Å². The number of anilines is 1. The van der Waals surface area contributed by atoms with Crippen LogP contribution in [0.5, 0.6) is 0 Å². The van der Waals surface area contributed by atoms with Crippen LogP contribution < -0.4 is 5.32 Å². The van der Waals surface area contributed by atoms with Crippen LogP contribution in [0.25, 0.3) is 0 Å². The molecule has 0 unspecified atom stereocenters. The second-order valence-electron chi connectivity index (χ2n) is 4.55. The lowest BCUT2D eigenvalue weighted by Crippen LogP contribution is -2.12. The van der Waals surface area contributed by atoms with E-state index in [0.29, 0.717) is 11.0 Å². The zero-order valence-electron chi connectivity index (χ0n) is 10.1. The molecule has 3 nitrogen and oxygen atoms in total. The fourth-order valence-corrected chi connectivity index (χ4v) is 3.03. The molecule has 1 aliphatic carbocycles. The Bertz CT molecular complexity index is 685. The zero-order valence-corrected chi connectivity index (χ0v) is 12.4. The van der Waals surface area contributed by atoms with Gasteiger partial charge < -0.3 is 0 Å². The second kappa shape index (κ2) is 5.31. The molecule has 0 saturated heterocycles. The minimum Gasteiger partial charge on any atom is -0.298 e. The SMILES string of the molecule is O=C(Nc1nc(C2CC2)cs1)c1cc(F)c(Cl)cc1Cl. The highest BCUT2D eigenvalue weighted by Crippen LogP contribution is 2.41. The Morgan fingerprint density at radius 2 is 2.10 bits per heavy atom. The van der Waals surface area contributed by atoms with Crippen molar-refractivity contribution in [1.82, 2.24) is 4.98 Å². The highest BCUT2D eigenvalue weighted by atomic mass is 35.5. The number of halogens is 3. The molecule has 1 fully saturated rings. The normalized spacial score (nSPS) is 14.3. The van der Waals surface area contributed by atoms with Crippen LogP contribution in [0.2, 0.25) is 10.0 Å². The fourth-order valence-electron chi connectivity index (χ4n) is 1.77. The lowest BCUT2D eigenvalue weighted by atomic mass is 10.2. The number of thiazole rings is 1. The third-order valence-corrected chi connectivity index (χ3v) is 4.37. The summed E-state index contributed by atoms with van der Waals surface area (Å²) in [5.74, 6) is -0.658. The molecule has 1 N–H and O–H groups in total. The van der Waals surface area contributed by atoms with Gasteiger partial charge in [0.15, 0.2) is 5.13 Å². The smallest absolute Gasteiger partial charge is 0.259 e. The zero-order chi connectivity index (χ0) is 14.3.